The molecule has 218 valence electrons. The van der Waals surface area contributed by atoms with E-state index in [9.17, 15) is 16.8 Å². The zero-order valence-corrected chi connectivity index (χ0v) is 26.0. The van der Waals surface area contributed by atoms with Crippen molar-refractivity contribution in [2.75, 3.05) is 0 Å². The summed E-state index contributed by atoms with van der Waals surface area (Å²) in [5.41, 5.74) is 13.0. The van der Waals surface area contributed by atoms with Gasteiger partial charge in [-0.15, -0.1) is 0 Å². The van der Waals surface area contributed by atoms with Crippen molar-refractivity contribution in [3.8, 4) is 11.1 Å². The average molecular weight is 595 g/mol. The molecular formula is C32H38N2O5S2. The predicted molar refractivity (Wildman–Crippen MR) is 163 cm³/mol. The van der Waals surface area contributed by atoms with E-state index in [1.54, 1.807) is 31.2 Å². The molecule has 0 atom stereocenters. The third-order valence-corrected chi connectivity index (χ3v) is 9.37. The first kappa shape index (κ1) is 32.1. The first-order valence-electron chi connectivity index (χ1n) is 13.3. The summed E-state index contributed by atoms with van der Waals surface area (Å²) in [7, 11) is -7.79. The molecule has 1 aromatic heterocycles. The maximum Gasteiger partial charge on any atom is 0.294 e. The van der Waals surface area contributed by atoms with E-state index in [1.807, 2.05) is 57.2 Å². The van der Waals surface area contributed by atoms with Gasteiger partial charge in [0.25, 0.3) is 10.1 Å². The summed E-state index contributed by atoms with van der Waals surface area (Å²) in [6.45, 7) is 12.1. The van der Waals surface area contributed by atoms with E-state index in [4.69, 9.17) is 15.3 Å². The fourth-order valence-corrected chi connectivity index (χ4v) is 6.61. The molecule has 41 heavy (non-hydrogen) atoms. The summed E-state index contributed by atoms with van der Waals surface area (Å²) < 4.78 is 57.0. The molecule has 0 amide bonds. The monoisotopic (exact) mass is 594 g/mol. The van der Waals surface area contributed by atoms with Crippen LogP contribution in [0, 0.1) is 33.6 Å². The van der Waals surface area contributed by atoms with Gasteiger partial charge in [-0.05, 0) is 75.4 Å². The van der Waals surface area contributed by atoms with Crippen molar-refractivity contribution >= 4 is 20.0 Å². The van der Waals surface area contributed by atoms with Crippen LogP contribution in [0.4, 0.5) is 0 Å². The second-order valence-corrected chi connectivity index (χ2v) is 13.9. The highest BCUT2D eigenvalue weighted by Gasteiger charge is 2.29. The molecule has 4 rings (SSSR count). The number of nitrogens with two attached hydrogens (primary N) is 1. The van der Waals surface area contributed by atoms with Crippen LogP contribution in [0.1, 0.15) is 47.5 Å². The highest BCUT2D eigenvalue weighted by molar-refractivity contribution is 7.91. The number of benzene rings is 3. The molecule has 3 N–H and O–H groups in total. The van der Waals surface area contributed by atoms with E-state index in [0.29, 0.717) is 17.2 Å². The first-order valence-corrected chi connectivity index (χ1v) is 16.2. The average Bonchev–Trinajstić information content (AvgIpc) is 2.88. The second kappa shape index (κ2) is 13.1. The van der Waals surface area contributed by atoms with E-state index in [1.165, 1.54) is 12.1 Å². The number of pyridine rings is 1. The number of aromatic nitrogens is 1. The number of aryl methyl sites for hydroxylation is 4. The number of hydrogen-bond acceptors (Lipinski definition) is 6. The summed E-state index contributed by atoms with van der Waals surface area (Å²) in [6.07, 6.45) is 0.747. The SMILES string of the molecule is Cc1ccc(-c2c(CN)c(CC(C)C)nc(C)c2S(=O)(=O)c2ccc(C)cc2)cc1.Cc1ccc(S(=O)(=O)O)cc1. The van der Waals surface area contributed by atoms with E-state index in [0.717, 1.165) is 39.9 Å². The minimum absolute atomic E-state index is 0.0666. The van der Waals surface area contributed by atoms with Crippen molar-refractivity contribution in [3.05, 3.63) is 106 Å². The summed E-state index contributed by atoms with van der Waals surface area (Å²) in [5.74, 6) is 0.382. The molecule has 0 saturated carbocycles. The van der Waals surface area contributed by atoms with Gasteiger partial charge in [0.05, 0.1) is 15.5 Å². The Bertz CT molecular complexity index is 1710. The maximum absolute atomic E-state index is 13.7. The Morgan fingerprint density at radius 3 is 1.59 bits per heavy atom. The number of nitrogens with zero attached hydrogens (tertiary/aromatic N) is 1. The lowest BCUT2D eigenvalue weighted by atomic mass is 9.94. The van der Waals surface area contributed by atoms with Crippen molar-refractivity contribution in [1.29, 1.82) is 0 Å². The molecule has 7 nitrogen and oxygen atoms in total. The lowest BCUT2D eigenvalue weighted by Crippen LogP contribution is -2.16. The molecule has 1 heterocycles. The van der Waals surface area contributed by atoms with Gasteiger partial charge in [-0.3, -0.25) is 9.54 Å². The molecule has 0 aliphatic rings. The smallest absolute Gasteiger partial charge is 0.294 e. The van der Waals surface area contributed by atoms with Crippen molar-refractivity contribution in [2.24, 2.45) is 11.7 Å². The van der Waals surface area contributed by atoms with Crippen LogP contribution in [0.3, 0.4) is 0 Å². The molecule has 0 fully saturated rings. The Kier molecular flexibility index (Phi) is 10.3. The summed E-state index contributed by atoms with van der Waals surface area (Å²) >= 11 is 0. The third-order valence-electron chi connectivity index (χ3n) is 6.57. The molecule has 0 aliphatic carbocycles. The van der Waals surface area contributed by atoms with Gasteiger partial charge in [0.15, 0.2) is 0 Å². The van der Waals surface area contributed by atoms with E-state index in [2.05, 4.69) is 13.8 Å². The van der Waals surface area contributed by atoms with Gasteiger partial charge in [-0.1, -0.05) is 79.1 Å². The molecule has 0 spiro atoms. The Hall–Kier alpha value is -3.37. The molecule has 0 aliphatic heterocycles. The largest absolute Gasteiger partial charge is 0.326 e. The van der Waals surface area contributed by atoms with Crippen LogP contribution in [-0.2, 0) is 32.9 Å². The van der Waals surface area contributed by atoms with Crippen LogP contribution < -0.4 is 5.73 Å². The molecule has 9 heteroatoms. The fourth-order valence-electron chi connectivity index (χ4n) is 4.46. The minimum Gasteiger partial charge on any atom is -0.326 e. The number of rotatable bonds is 7. The Morgan fingerprint density at radius 2 is 1.17 bits per heavy atom. The second-order valence-electron chi connectivity index (χ2n) is 10.6. The minimum atomic E-state index is -4.02. The Labute approximate surface area is 244 Å². The van der Waals surface area contributed by atoms with Crippen LogP contribution in [0.2, 0.25) is 0 Å². The highest BCUT2D eigenvalue weighted by Crippen LogP contribution is 2.38. The van der Waals surface area contributed by atoms with Gasteiger partial charge < -0.3 is 5.73 Å². The predicted octanol–water partition coefficient (Wildman–Crippen LogP) is 6.41. The Balaban J connectivity index is 0.000000352. The molecule has 4 aromatic rings. The van der Waals surface area contributed by atoms with Crippen molar-refractivity contribution in [3.63, 3.8) is 0 Å². The van der Waals surface area contributed by atoms with Crippen molar-refractivity contribution in [2.45, 2.75) is 69.2 Å². The zero-order valence-electron chi connectivity index (χ0n) is 24.3. The summed E-state index contributed by atoms with van der Waals surface area (Å²) in [5, 5.41) is 0. The standard InChI is InChI=1S/C25H30N2O2S.C7H8O3S/c1-16(2)14-23-22(15-26)24(20-10-6-17(3)7-11-20)25(19(5)27-23)30(28,29)21-12-8-18(4)9-13-21;1-6-2-4-7(5-3-6)11(8,9)10/h6-13,16H,14-15,26H2,1-5H3;2-5H,1H3,(H,8,9,10). The van der Waals surface area contributed by atoms with Crippen LogP contribution in [0.15, 0.2) is 87.5 Å². The number of sulfone groups is 1. The Morgan fingerprint density at radius 1 is 0.732 bits per heavy atom. The van der Waals surface area contributed by atoms with E-state index in [-0.39, 0.29) is 21.2 Å². The van der Waals surface area contributed by atoms with Gasteiger partial charge in [0, 0.05) is 17.8 Å². The summed E-state index contributed by atoms with van der Waals surface area (Å²) in [4.78, 5) is 5.19. The van der Waals surface area contributed by atoms with Crippen LogP contribution >= 0.6 is 0 Å². The molecule has 0 radical (unpaired) electrons. The van der Waals surface area contributed by atoms with Gasteiger partial charge in [-0.2, -0.15) is 8.42 Å². The van der Waals surface area contributed by atoms with Gasteiger partial charge in [0.1, 0.15) is 4.90 Å². The lowest BCUT2D eigenvalue weighted by Gasteiger charge is -2.21. The fraction of sp³-hybridized carbons (Fsp3) is 0.281. The third kappa shape index (κ3) is 7.89. The van der Waals surface area contributed by atoms with Crippen LogP contribution in [0.25, 0.3) is 11.1 Å². The van der Waals surface area contributed by atoms with Crippen molar-refractivity contribution < 1.29 is 21.4 Å². The van der Waals surface area contributed by atoms with Crippen LogP contribution in [0.5, 0.6) is 0 Å². The maximum atomic E-state index is 13.7. The summed E-state index contributed by atoms with van der Waals surface area (Å²) in [6, 6.07) is 20.9. The quantitative estimate of drug-likeness (QED) is 0.237. The number of hydrogen-bond donors (Lipinski definition) is 2. The molecule has 0 saturated heterocycles. The topological polar surface area (TPSA) is 127 Å². The van der Waals surface area contributed by atoms with E-state index < -0.39 is 20.0 Å². The lowest BCUT2D eigenvalue weighted by molar-refractivity contribution is 0.483. The molecule has 0 unspecified atom stereocenters. The molecular weight excluding hydrogens is 556 g/mol. The van der Waals surface area contributed by atoms with Gasteiger partial charge >= 0.3 is 0 Å². The van der Waals surface area contributed by atoms with Gasteiger partial charge in [-0.25, -0.2) is 8.42 Å². The van der Waals surface area contributed by atoms with Gasteiger partial charge in [0.2, 0.25) is 9.84 Å². The van der Waals surface area contributed by atoms with E-state index >= 15 is 0 Å². The van der Waals surface area contributed by atoms with Crippen molar-refractivity contribution in [1.82, 2.24) is 4.98 Å². The van der Waals surface area contributed by atoms with Crippen LogP contribution in [-0.4, -0.2) is 26.4 Å². The molecule has 3 aromatic carbocycles. The highest BCUT2D eigenvalue weighted by atomic mass is 32.2. The first-order chi connectivity index (χ1) is 19.1. The normalized spacial score (nSPS) is 11.7. The molecule has 0 bridgehead atoms. The zero-order chi connectivity index (χ0) is 30.5.